The first-order valence-corrected chi connectivity index (χ1v) is 10.2. The average Bonchev–Trinajstić information content (AvgIpc) is 2.75. The number of aromatic nitrogens is 1. The van der Waals surface area contributed by atoms with Gasteiger partial charge in [-0.05, 0) is 68.5 Å². The molecule has 0 fully saturated rings. The summed E-state index contributed by atoms with van der Waals surface area (Å²) in [5.41, 5.74) is 6.76. The van der Waals surface area contributed by atoms with Crippen LogP contribution >= 0.6 is 0 Å². The lowest BCUT2D eigenvalue weighted by Crippen LogP contribution is -2.36. The van der Waals surface area contributed by atoms with Gasteiger partial charge in [-0.3, -0.25) is 14.6 Å². The summed E-state index contributed by atoms with van der Waals surface area (Å²) < 4.78 is 0. The predicted octanol–water partition coefficient (Wildman–Crippen LogP) is 4.85. The Labute approximate surface area is 176 Å². The topological polar surface area (TPSA) is 62.3 Å². The average molecular weight is 399 g/mol. The van der Waals surface area contributed by atoms with E-state index in [0.29, 0.717) is 12.1 Å². The molecule has 0 radical (unpaired) electrons. The first-order valence-electron chi connectivity index (χ1n) is 10.2. The molecule has 0 saturated carbocycles. The molecule has 0 saturated heterocycles. The standard InChI is InChI=1S/C25H25N3O2/c1-16-13-17(2)23(18(3)14-16)27-24(29)20-10-11-26-21(15-20)25(30)28-12-6-8-19-7-4-5-9-22(19)28/h4-5,7,9-11,13-15H,6,8,12H2,1-3H3,(H,27,29). The molecule has 0 spiro atoms. The molecule has 5 heteroatoms. The molecule has 1 aromatic heterocycles. The van der Waals surface area contributed by atoms with E-state index in [-0.39, 0.29) is 17.5 Å². The van der Waals surface area contributed by atoms with E-state index in [1.54, 1.807) is 17.0 Å². The molecule has 2 amide bonds. The molecular formula is C25H25N3O2. The second-order valence-electron chi connectivity index (χ2n) is 7.85. The molecule has 5 nitrogen and oxygen atoms in total. The van der Waals surface area contributed by atoms with Crippen LogP contribution in [0.1, 0.15) is 49.5 Å². The quantitative estimate of drug-likeness (QED) is 0.685. The van der Waals surface area contributed by atoms with Gasteiger partial charge in [-0.1, -0.05) is 35.9 Å². The molecule has 0 atom stereocenters. The maximum absolute atomic E-state index is 13.2. The molecule has 0 bridgehead atoms. The summed E-state index contributed by atoms with van der Waals surface area (Å²) in [6, 6.07) is 15.2. The molecule has 0 unspecified atom stereocenters. The Balaban J connectivity index is 1.59. The van der Waals surface area contributed by atoms with Crippen molar-refractivity contribution in [2.24, 2.45) is 0 Å². The summed E-state index contributed by atoms with van der Waals surface area (Å²) in [5, 5.41) is 2.99. The Morgan fingerprint density at radius 2 is 1.73 bits per heavy atom. The lowest BCUT2D eigenvalue weighted by molar-refractivity contribution is 0.0980. The molecule has 1 aliphatic heterocycles. The van der Waals surface area contributed by atoms with Gasteiger partial charge in [-0.25, -0.2) is 0 Å². The highest BCUT2D eigenvalue weighted by molar-refractivity contribution is 6.09. The summed E-state index contributed by atoms with van der Waals surface area (Å²) >= 11 is 0. The van der Waals surface area contributed by atoms with E-state index >= 15 is 0 Å². The summed E-state index contributed by atoms with van der Waals surface area (Å²) in [6.07, 6.45) is 3.40. The number of pyridine rings is 1. The zero-order valence-electron chi connectivity index (χ0n) is 17.5. The van der Waals surface area contributed by atoms with Crippen LogP contribution in [0.4, 0.5) is 11.4 Å². The van der Waals surface area contributed by atoms with Crippen LogP contribution in [-0.2, 0) is 6.42 Å². The largest absolute Gasteiger partial charge is 0.322 e. The highest BCUT2D eigenvalue weighted by Crippen LogP contribution is 2.28. The SMILES string of the molecule is Cc1cc(C)c(NC(=O)c2ccnc(C(=O)N3CCCc4ccccc43)c2)c(C)c1. The van der Waals surface area contributed by atoms with Crippen LogP contribution in [0, 0.1) is 20.8 Å². The molecule has 2 aromatic carbocycles. The molecule has 30 heavy (non-hydrogen) atoms. The van der Waals surface area contributed by atoms with Crippen molar-refractivity contribution < 1.29 is 9.59 Å². The fourth-order valence-corrected chi connectivity index (χ4v) is 4.13. The first-order chi connectivity index (χ1) is 14.4. The van der Waals surface area contributed by atoms with E-state index in [4.69, 9.17) is 0 Å². The first kappa shape index (κ1) is 19.8. The highest BCUT2D eigenvalue weighted by Gasteiger charge is 2.24. The summed E-state index contributed by atoms with van der Waals surface area (Å²) in [4.78, 5) is 32.1. The third-order valence-electron chi connectivity index (χ3n) is 5.51. The number of rotatable bonds is 3. The lowest BCUT2D eigenvalue weighted by Gasteiger charge is -2.29. The van der Waals surface area contributed by atoms with E-state index < -0.39 is 0 Å². The summed E-state index contributed by atoms with van der Waals surface area (Å²) in [6.45, 7) is 6.64. The number of carbonyl (C=O) groups excluding carboxylic acids is 2. The molecular weight excluding hydrogens is 374 g/mol. The smallest absolute Gasteiger partial charge is 0.276 e. The number of hydrogen-bond acceptors (Lipinski definition) is 3. The van der Waals surface area contributed by atoms with E-state index in [9.17, 15) is 9.59 Å². The third kappa shape index (κ3) is 3.83. The second kappa shape index (κ2) is 8.11. The summed E-state index contributed by atoms with van der Waals surface area (Å²) in [5.74, 6) is -0.431. The van der Waals surface area contributed by atoms with Gasteiger partial charge in [0.05, 0.1) is 0 Å². The highest BCUT2D eigenvalue weighted by atomic mass is 16.2. The normalized spacial score (nSPS) is 13.0. The maximum Gasteiger partial charge on any atom is 0.276 e. The van der Waals surface area contributed by atoms with Crippen LogP contribution in [-0.4, -0.2) is 23.3 Å². The second-order valence-corrected chi connectivity index (χ2v) is 7.85. The number of hydrogen-bond donors (Lipinski definition) is 1. The zero-order chi connectivity index (χ0) is 21.3. The van der Waals surface area contributed by atoms with E-state index in [2.05, 4.69) is 16.4 Å². The number of amides is 2. The molecule has 4 rings (SSSR count). The number of benzene rings is 2. The van der Waals surface area contributed by atoms with Gasteiger partial charge in [0.15, 0.2) is 0 Å². The fraction of sp³-hybridized carbons (Fsp3) is 0.240. The Kier molecular flexibility index (Phi) is 5.36. The van der Waals surface area contributed by atoms with Crippen LogP contribution in [0.2, 0.25) is 0 Å². The predicted molar refractivity (Wildman–Crippen MR) is 119 cm³/mol. The van der Waals surface area contributed by atoms with Crippen LogP contribution in [0.15, 0.2) is 54.7 Å². The number of fused-ring (bicyclic) bond motifs is 1. The van der Waals surface area contributed by atoms with Gasteiger partial charge >= 0.3 is 0 Å². The Morgan fingerprint density at radius 3 is 2.50 bits per heavy atom. The summed E-state index contributed by atoms with van der Waals surface area (Å²) in [7, 11) is 0. The van der Waals surface area contributed by atoms with Crippen molar-refractivity contribution in [3.63, 3.8) is 0 Å². The molecule has 1 N–H and O–H groups in total. The minimum atomic E-state index is -0.249. The Hall–Kier alpha value is -3.47. The Morgan fingerprint density at radius 1 is 1.00 bits per heavy atom. The lowest BCUT2D eigenvalue weighted by atomic mass is 10.0. The number of carbonyl (C=O) groups is 2. The van der Waals surface area contributed by atoms with Gasteiger partial charge < -0.3 is 10.2 Å². The zero-order valence-corrected chi connectivity index (χ0v) is 17.5. The van der Waals surface area contributed by atoms with Crippen LogP contribution in [0.25, 0.3) is 0 Å². The Bertz CT molecular complexity index is 1110. The van der Waals surface area contributed by atoms with Crippen LogP contribution in [0.5, 0.6) is 0 Å². The number of nitrogens with one attached hydrogen (secondary N) is 1. The van der Waals surface area contributed by atoms with Crippen molar-refractivity contribution in [3.05, 3.63) is 88.2 Å². The number of anilines is 2. The van der Waals surface area contributed by atoms with Gasteiger partial charge in [0.2, 0.25) is 0 Å². The number of nitrogens with zero attached hydrogens (tertiary/aromatic N) is 2. The molecule has 1 aliphatic rings. The monoisotopic (exact) mass is 399 g/mol. The van der Waals surface area contributed by atoms with Gasteiger partial charge in [0.1, 0.15) is 5.69 Å². The van der Waals surface area contributed by atoms with Gasteiger partial charge in [0, 0.05) is 29.7 Å². The molecule has 3 aromatic rings. The maximum atomic E-state index is 13.2. The van der Waals surface area contributed by atoms with E-state index in [1.165, 1.54) is 6.20 Å². The van der Waals surface area contributed by atoms with Gasteiger partial charge in [0.25, 0.3) is 11.8 Å². The fourth-order valence-electron chi connectivity index (χ4n) is 4.13. The van der Waals surface area contributed by atoms with Crippen molar-refractivity contribution in [1.29, 1.82) is 0 Å². The third-order valence-corrected chi connectivity index (χ3v) is 5.51. The minimum Gasteiger partial charge on any atom is -0.322 e. The van der Waals surface area contributed by atoms with Gasteiger partial charge in [-0.2, -0.15) is 0 Å². The molecule has 152 valence electrons. The van der Waals surface area contributed by atoms with Crippen molar-refractivity contribution in [1.82, 2.24) is 4.98 Å². The van der Waals surface area contributed by atoms with Crippen LogP contribution in [0.3, 0.4) is 0 Å². The number of para-hydroxylation sites is 1. The van der Waals surface area contributed by atoms with Crippen molar-refractivity contribution >= 4 is 23.2 Å². The van der Waals surface area contributed by atoms with Crippen molar-refractivity contribution in [2.75, 3.05) is 16.8 Å². The van der Waals surface area contributed by atoms with Crippen molar-refractivity contribution in [2.45, 2.75) is 33.6 Å². The van der Waals surface area contributed by atoms with Crippen LogP contribution < -0.4 is 10.2 Å². The number of aryl methyl sites for hydroxylation is 4. The van der Waals surface area contributed by atoms with E-state index in [0.717, 1.165) is 46.5 Å². The van der Waals surface area contributed by atoms with Crippen molar-refractivity contribution in [3.8, 4) is 0 Å². The molecule has 2 heterocycles. The van der Waals surface area contributed by atoms with Gasteiger partial charge in [-0.15, -0.1) is 0 Å². The van der Waals surface area contributed by atoms with E-state index in [1.807, 2.05) is 51.1 Å². The molecule has 0 aliphatic carbocycles. The minimum absolute atomic E-state index is 0.181.